The fourth-order valence-electron chi connectivity index (χ4n) is 4.67. The summed E-state index contributed by atoms with van der Waals surface area (Å²) in [5.74, 6) is 1.49. The topological polar surface area (TPSA) is 64.0 Å². The Balaban J connectivity index is 2.03. The molecule has 168 valence electrons. The second kappa shape index (κ2) is 10.5. The molecule has 3 rings (SSSR count). The summed E-state index contributed by atoms with van der Waals surface area (Å²) in [6.45, 7) is 8.75. The van der Waals surface area contributed by atoms with Gasteiger partial charge in [0.25, 0.3) is 0 Å². The third-order valence-electron chi connectivity index (χ3n) is 6.31. The molecule has 0 saturated heterocycles. The number of rotatable bonds is 8. The number of urea groups is 1. The van der Waals surface area contributed by atoms with Crippen molar-refractivity contribution in [2.45, 2.75) is 52.2 Å². The first kappa shape index (κ1) is 22.9. The highest BCUT2D eigenvalue weighted by atomic mass is 16.5. The van der Waals surface area contributed by atoms with Crippen LogP contribution in [0.4, 0.5) is 4.79 Å². The Morgan fingerprint density at radius 2 is 1.87 bits per heavy atom. The summed E-state index contributed by atoms with van der Waals surface area (Å²) in [4.78, 5) is 13.9. The second-order valence-corrected chi connectivity index (χ2v) is 8.16. The van der Waals surface area contributed by atoms with Gasteiger partial charge in [-0.2, -0.15) is 0 Å². The fourth-order valence-corrected chi connectivity index (χ4v) is 4.67. The fraction of sp³-hybridized carbons (Fsp3) is 0.480. The number of benzene rings is 2. The molecule has 0 spiro atoms. The maximum atomic E-state index is 12.4. The van der Waals surface area contributed by atoms with Crippen molar-refractivity contribution in [3.05, 3.63) is 58.7 Å². The molecule has 6 nitrogen and oxygen atoms in total. The predicted octanol–water partition coefficient (Wildman–Crippen LogP) is 2.79. The average Bonchev–Trinajstić information content (AvgIpc) is 2.78. The van der Waals surface area contributed by atoms with Gasteiger partial charge in [-0.25, -0.2) is 4.79 Å². The van der Waals surface area contributed by atoms with Crippen LogP contribution in [-0.2, 0) is 13.0 Å². The number of amides is 2. The summed E-state index contributed by atoms with van der Waals surface area (Å²) in [7, 11) is 3.34. The Bertz CT molecular complexity index is 900. The Labute approximate surface area is 185 Å². The molecule has 6 heteroatoms. The molecule has 3 atom stereocenters. The molecule has 0 bridgehead atoms. The minimum atomic E-state index is -0.114. The summed E-state index contributed by atoms with van der Waals surface area (Å²) in [6, 6.07) is 12.8. The van der Waals surface area contributed by atoms with E-state index in [0.717, 1.165) is 37.4 Å². The smallest absolute Gasteiger partial charge is 0.315 e. The minimum absolute atomic E-state index is 0.00252. The highest BCUT2D eigenvalue weighted by Crippen LogP contribution is 2.35. The van der Waals surface area contributed by atoms with Gasteiger partial charge in [-0.3, -0.25) is 0 Å². The van der Waals surface area contributed by atoms with Gasteiger partial charge in [0.2, 0.25) is 0 Å². The average molecular weight is 427 g/mol. The lowest BCUT2D eigenvalue weighted by atomic mass is 9.86. The van der Waals surface area contributed by atoms with Gasteiger partial charge in [-0.05, 0) is 43.5 Å². The van der Waals surface area contributed by atoms with E-state index in [-0.39, 0.29) is 18.1 Å². The summed E-state index contributed by atoms with van der Waals surface area (Å²) < 4.78 is 11.2. The zero-order chi connectivity index (χ0) is 22.4. The molecule has 0 saturated carbocycles. The molecule has 3 N–H and O–H groups in total. The number of quaternary nitrogens is 1. The van der Waals surface area contributed by atoms with Crippen LogP contribution in [0.25, 0.3) is 0 Å². The first-order valence-electron chi connectivity index (χ1n) is 11.2. The van der Waals surface area contributed by atoms with Crippen molar-refractivity contribution in [2.75, 3.05) is 27.3 Å². The molecule has 2 aromatic rings. The van der Waals surface area contributed by atoms with Crippen molar-refractivity contribution < 1.29 is 19.2 Å². The first-order chi connectivity index (χ1) is 15.0. The maximum absolute atomic E-state index is 12.4. The quantitative estimate of drug-likeness (QED) is 0.608. The number of carbonyl (C=O) groups excluding carboxylic acids is 1. The maximum Gasteiger partial charge on any atom is 0.315 e. The monoisotopic (exact) mass is 426 g/mol. The molecule has 1 aliphatic rings. The van der Waals surface area contributed by atoms with Crippen molar-refractivity contribution in [3.63, 3.8) is 0 Å². The summed E-state index contributed by atoms with van der Waals surface area (Å²) >= 11 is 0. The number of hydrogen-bond donors (Lipinski definition) is 3. The van der Waals surface area contributed by atoms with Gasteiger partial charge in [0, 0.05) is 24.1 Å². The van der Waals surface area contributed by atoms with E-state index in [4.69, 9.17) is 9.47 Å². The van der Waals surface area contributed by atoms with Crippen molar-refractivity contribution >= 4 is 6.03 Å². The molecule has 0 aliphatic carbocycles. The van der Waals surface area contributed by atoms with Gasteiger partial charge in [0.1, 0.15) is 12.6 Å². The van der Waals surface area contributed by atoms with Crippen LogP contribution in [0.5, 0.6) is 11.5 Å². The lowest BCUT2D eigenvalue weighted by Gasteiger charge is -2.39. The normalized spacial score (nSPS) is 18.6. The van der Waals surface area contributed by atoms with E-state index in [9.17, 15) is 4.79 Å². The number of carbonyl (C=O) groups is 1. The second-order valence-electron chi connectivity index (χ2n) is 8.16. The molecule has 2 amide bonds. The first-order valence-corrected chi connectivity index (χ1v) is 11.2. The Kier molecular flexibility index (Phi) is 7.80. The van der Waals surface area contributed by atoms with Gasteiger partial charge in [-0.1, -0.05) is 31.2 Å². The van der Waals surface area contributed by atoms with Crippen LogP contribution in [0.15, 0.2) is 36.4 Å². The van der Waals surface area contributed by atoms with E-state index >= 15 is 0 Å². The molecule has 1 heterocycles. The van der Waals surface area contributed by atoms with Crippen LogP contribution in [0.3, 0.4) is 0 Å². The van der Waals surface area contributed by atoms with Crippen molar-refractivity contribution in [1.29, 1.82) is 0 Å². The SMILES string of the molecule is CCNC(=O)N[C@H](CC)[C@H]1c2cc(OC)c(OC)cc2CC[NH+]1Cc1ccccc1C. The molecule has 1 aliphatic heterocycles. The molecule has 0 radical (unpaired) electrons. The zero-order valence-corrected chi connectivity index (χ0v) is 19.4. The highest BCUT2D eigenvalue weighted by Gasteiger charge is 2.38. The predicted molar refractivity (Wildman–Crippen MR) is 123 cm³/mol. The number of ether oxygens (including phenoxy) is 2. The Morgan fingerprint density at radius 3 is 2.52 bits per heavy atom. The van der Waals surface area contributed by atoms with Crippen molar-refractivity contribution in [1.82, 2.24) is 10.6 Å². The van der Waals surface area contributed by atoms with E-state index in [2.05, 4.69) is 60.9 Å². The molecular weight excluding hydrogens is 390 g/mol. The molecule has 2 aromatic carbocycles. The largest absolute Gasteiger partial charge is 0.493 e. The molecule has 0 aromatic heterocycles. The lowest BCUT2D eigenvalue weighted by Crippen LogP contribution is -3.13. The Morgan fingerprint density at radius 1 is 1.16 bits per heavy atom. The van der Waals surface area contributed by atoms with Crippen molar-refractivity contribution in [3.8, 4) is 11.5 Å². The van der Waals surface area contributed by atoms with E-state index in [0.29, 0.717) is 6.54 Å². The number of methoxy groups -OCH3 is 2. The summed E-state index contributed by atoms with van der Waals surface area (Å²) in [5.41, 5.74) is 5.15. The lowest BCUT2D eigenvalue weighted by molar-refractivity contribution is -0.948. The Hall–Kier alpha value is -2.73. The highest BCUT2D eigenvalue weighted by molar-refractivity contribution is 5.74. The van der Waals surface area contributed by atoms with E-state index in [1.165, 1.54) is 27.2 Å². The summed E-state index contributed by atoms with van der Waals surface area (Å²) in [6.07, 6.45) is 1.80. The molecule has 0 fully saturated rings. The van der Waals surface area contributed by atoms with E-state index < -0.39 is 0 Å². The van der Waals surface area contributed by atoms with Crippen LogP contribution in [0.1, 0.15) is 48.6 Å². The number of hydrogen-bond acceptors (Lipinski definition) is 3. The van der Waals surface area contributed by atoms with Crippen LogP contribution in [0, 0.1) is 6.92 Å². The van der Waals surface area contributed by atoms with Crippen LogP contribution in [-0.4, -0.2) is 39.4 Å². The third kappa shape index (κ3) is 5.13. The van der Waals surface area contributed by atoms with Gasteiger partial charge in [0.15, 0.2) is 11.5 Å². The van der Waals surface area contributed by atoms with Gasteiger partial charge in [-0.15, -0.1) is 0 Å². The van der Waals surface area contributed by atoms with Gasteiger partial charge < -0.3 is 25.0 Å². The standard InChI is InChI=1S/C25H35N3O3/c1-6-21(27-25(29)26-7-2)24-20-15-23(31-5)22(30-4)14-18(20)12-13-28(24)16-19-11-9-8-10-17(19)3/h8-11,14-15,21,24H,6-7,12-13,16H2,1-5H3,(H2,26,27,29)/p+1/t21-,24-/m1/s1. The van der Waals surface area contributed by atoms with Crippen LogP contribution < -0.4 is 25.0 Å². The minimum Gasteiger partial charge on any atom is -0.493 e. The zero-order valence-electron chi connectivity index (χ0n) is 19.4. The van der Waals surface area contributed by atoms with E-state index in [1.807, 2.05) is 6.92 Å². The van der Waals surface area contributed by atoms with Crippen LogP contribution in [0.2, 0.25) is 0 Å². The molecule has 31 heavy (non-hydrogen) atoms. The number of aryl methyl sites for hydroxylation is 1. The summed E-state index contributed by atoms with van der Waals surface area (Å²) in [5, 5.41) is 6.12. The molecular formula is C25H36N3O3+. The van der Waals surface area contributed by atoms with Gasteiger partial charge in [0.05, 0.1) is 26.8 Å². The van der Waals surface area contributed by atoms with Crippen molar-refractivity contribution in [2.24, 2.45) is 0 Å². The number of fused-ring (bicyclic) bond motifs is 1. The van der Waals surface area contributed by atoms with E-state index in [1.54, 1.807) is 14.2 Å². The third-order valence-corrected chi connectivity index (χ3v) is 6.31. The van der Waals surface area contributed by atoms with Gasteiger partial charge >= 0.3 is 6.03 Å². The number of nitrogens with one attached hydrogen (secondary N) is 3. The van der Waals surface area contributed by atoms with Crippen LogP contribution >= 0.6 is 0 Å². The molecule has 1 unspecified atom stereocenters.